The number of hydrogen-bond donors (Lipinski definition) is 0. The molecule has 6 nitrogen and oxygen atoms in total. The first-order valence-electron chi connectivity index (χ1n) is 9.40. The summed E-state index contributed by atoms with van der Waals surface area (Å²) in [7, 11) is 1.02. The highest BCUT2D eigenvalue weighted by atomic mass is 19.4. The largest absolute Gasteiger partial charge is 0.466 e. The summed E-state index contributed by atoms with van der Waals surface area (Å²) in [6, 6.07) is 5.90. The van der Waals surface area contributed by atoms with E-state index in [9.17, 15) is 40.3 Å². The average Bonchev–Trinajstić information content (AvgIpc) is 3.10. The summed E-state index contributed by atoms with van der Waals surface area (Å²) < 4.78 is 110. The second-order valence-corrected chi connectivity index (χ2v) is 6.78. The average molecular weight is 506 g/mol. The van der Waals surface area contributed by atoms with Gasteiger partial charge in [0.1, 0.15) is 0 Å². The Labute approximate surface area is 191 Å². The lowest BCUT2D eigenvalue weighted by atomic mass is 10.1. The molecule has 0 spiro atoms. The molecular formula is C22H13F7O6. The minimum Gasteiger partial charge on any atom is -0.466 e. The van der Waals surface area contributed by atoms with Crippen LogP contribution >= 0.6 is 0 Å². The van der Waals surface area contributed by atoms with Crippen molar-refractivity contribution < 1.29 is 58.9 Å². The number of alkyl halides is 6. The van der Waals surface area contributed by atoms with Crippen LogP contribution in [0.4, 0.5) is 30.7 Å². The van der Waals surface area contributed by atoms with Gasteiger partial charge < -0.3 is 18.6 Å². The molecule has 186 valence electrons. The van der Waals surface area contributed by atoms with Gasteiger partial charge in [-0.05, 0) is 48.5 Å². The minimum absolute atomic E-state index is 0.264. The highest BCUT2D eigenvalue weighted by Crippen LogP contribution is 2.36. The molecule has 35 heavy (non-hydrogen) atoms. The van der Waals surface area contributed by atoms with Crippen LogP contribution in [0.15, 0.2) is 52.9 Å². The predicted molar refractivity (Wildman–Crippen MR) is 102 cm³/mol. The van der Waals surface area contributed by atoms with E-state index < -0.39 is 65.3 Å². The Morgan fingerprint density at radius 3 is 1.69 bits per heavy atom. The van der Waals surface area contributed by atoms with E-state index >= 15 is 0 Å². The molecule has 0 saturated heterocycles. The first kappa shape index (κ1) is 25.6. The first-order valence-corrected chi connectivity index (χ1v) is 9.40. The van der Waals surface area contributed by atoms with E-state index in [1.807, 2.05) is 0 Å². The molecule has 0 N–H and O–H groups in total. The fourth-order valence-electron chi connectivity index (χ4n) is 2.70. The number of carbonyl (C=O) groups excluding carboxylic acids is 2. The molecule has 0 fully saturated rings. The van der Waals surface area contributed by atoms with Crippen LogP contribution in [0.25, 0.3) is 0 Å². The molecule has 0 amide bonds. The third-order valence-corrected chi connectivity index (χ3v) is 4.46. The molecule has 0 unspecified atom stereocenters. The molecule has 0 bridgehead atoms. The smallest absolute Gasteiger partial charge is 0.416 e. The Bertz CT molecular complexity index is 1210. The van der Waals surface area contributed by atoms with Crippen LogP contribution in [0.1, 0.15) is 37.6 Å². The number of rotatable bonds is 6. The SMILES string of the molecule is COc1oc(COC(=O)c2ccc(C(F)(F)F)cc2)c(OC(=O)c2ccc(C(F)(F)F)cc2)c1F. The molecule has 1 heterocycles. The molecular weight excluding hydrogens is 493 g/mol. The maximum Gasteiger partial charge on any atom is 0.416 e. The Hall–Kier alpha value is -4.03. The highest BCUT2D eigenvalue weighted by Gasteiger charge is 2.32. The van der Waals surface area contributed by atoms with Crippen LogP contribution in [0.2, 0.25) is 0 Å². The van der Waals surface area contributed by atoms with E-state index in [2.05, 4.69) is 4.74 Å². The monoisotopic (exact) mass is 506 g/mol. The van der Waals surface area contributed by atoms with E-state index in [-0.39, 0.29) is 11.1 Å². The molecule has 0 aliphatic rings. The van der Waals surface area contributed by atoms with Gasteiger partial charge in [0, 0.05) is 0 Å². The number of ether oxygens (including phenoxy) is 3. The van der Waals surface area contributed by atoms with Crippen molar-refractivity contribution in [3.05, 3.63) is 82.4 Å². The van der Waals surface area contributed by atoms with Crippen LogP contribution in [0.5, 0.6) is 11.7 Å². The summed E-state index contributed by atoms with van der Waals surface area (Å²) in [5.41, 5.74) is -2.64. The molecule has 0 saturated carbocycles. The predicted octanol–water partition coefficient (Wildman–Crippen LogP) is 6.04. The van der Waals surface area contributed by atoms with Crippen molar-refractivity contribution in [3.63, 3.8) is 0 Å². The number of halogens is 7. The van der Waals surface area contributed by atoms with Crippen molar-refractivity contribution in [1.29, 1.82) is 0 Å². The quantitative estimate of drug-likeness (QED) is 0.300. The lowest BCUT2D eigenvalue weighted by Gasteiger charge is -2.09. The normalized spacial score (nSPS) is 11.8. The van der Waals surface area contributed by atoms with Gasteiger partial charge in [-0.3, -0.25) is 0 Å². The van der Waals surface area contributed by atoms with Crippen LogP contribution in [0.3, 0.4) is 0 Å². The topological polar surface area (TPSA) is 75.0 Å². The molecule has 0 aliphatic carbocycles. The lowest BCUT2D eigenvalue weighted by Crippen LogP contribution is -2.12. The Balaban J connectivity index is 1.75. The maximum atomic E-state index is 14.5. The number of methoxy groups -OCH3 is 1. The number of carbonyl (C=O) groups is 2. The molecule has 3 aromatic rings. The van der Waals surface area contributed by atoms with E-state index in [0.717, 1.165) is 31.4 Å². The third-order valence-electron chi connectivity index (χ3n) is 4.46. The zero-order chi connectivity index (χ0) is 26.0. The van der Waals surface area contributed by atoms with E-state index in [4.69, 9.17) is 13.9 Å². The van der Waals surface area contributed by atoms with E-state index in [1.165, 1.54) is 0 Å². The molecule has 0 atom stereocenters. The van der Waals surface area contributed by atoms with Crippen LogP contribution < -0.4 is 9.47 Å². The van der Waals surface area contributed by atoms with Gasteiger partial charge >= 0.3 is 30.2 Å². The summed E-state index contributed by atoms with van der Waals surface area (Å²) in [6.07, 6.45) is -9.26. The van der Waals surface area contributed by atoms with Crippen LogP contribution in [-0.4, -0.2) is 19.0 Å². The summed E-state index contributed by atoms with van der Waals surface area (Å²) in [6.45, 7) is -0.824. The highest BCUT2D eigenvalue weighted by molar-refractivity contribution is 5.91. The van der Waals surface area contributed by atoms with Gasteiger partial charge in [-0.2, -0.15) is 30.7 Å². The fourth-order valence-corrected chi connectivity index (χ4v) is 2.70. The number of furan rings is 1. The van der Waals surface area contributed by atoms with Crippen LogP contribution in [-0.2, 0) is 23.7 Å². The summed E-state index contributed by atoms with van der Waals surface area (Å²) in [5.74, 6) is -5.80. The van der Waals surface area contributed by atoms with Crippen molar-refractivity contribution in [2.75, 3.05) is 7.11 Å². The van der Waals surface area contributed by atoms with Crippen molar-refractivity contribution in [3.8, 4) is 11.7 Å². The van der Waals surface area contributed by atoms with Crippen molar-refractivity contribution >= 4 is 11.9 Å². The second-order valence-electron chi connectivity index (χ2n) is 6.78. The Kier molecular flexibility index (Phi) is 7.08. The van der Waals surface area contributed by atoms with Gasteiger partial charge in [0.2, 0.25) is 11.6 Å². The van der Waals surface area contributed by atoms with Crippen LogP contribution in [0, 0.1) is 5.82 Å². The second kappa shape index (κ2) is 9.68. The van der Waals surface area contributed by atoms with Crippen molar-refractivity contribution in [2.45, 2.75) is 19.0 Å². The number of benzene rings is 2. The molecule has 3 rings (SSSR count). The van der Waals surface area contributed by atoms with Gasteiger partial charge in [0.05, 0.1) is 29.4 Å². The van der Waals surface area contributed by atoms with Gasteiger partial charge in [-0.25, -0.2) is 9.59 Å². The van der Waals surface area contributed by atoms with E-state index in [1.54, 1.807) is 0 Å². The number of hydrogen-bond acceptors (Lipinski definition) is 6. The Morgan fingerprint density at radius 2 is 1.26 bits per heavy atom. The lowest BCUT2D eigenvalue weighted by molar-refractivity contribution is -0.138. The van der Waals surface area contributed by atoms with Gasteiger partial charge in [-0.1, -0.05) is 0 Å². The number of esters is 2. The third kappa shape index (κ3) is 5.91. The van der Waals surface area contributed by atoms with Crippen molar-refractivity contribution in [2.24, 2.45) is 0 Å². The standard InChI is InChI=1S/C22H13F7O6/c1-32-20-16(23)17(35-19(31)12-4-8-14(9-5-12)22(27,28)29)15(34-20)10-33-18(30)11-2-6-13(7-3-11)21(24,25)26/h2-9H,10H2,1H3. The van der Waals surface area contributed by atoms with Gasteiger partial charge in [0.25, 0.3) is 0 Å². The molecule has 0 aliphatic heterocycles. The maximum absolute atomic E-state index is 14.5. The van der Waals surface area contributed by atoms with E-state index in [0.29, 0.717) is 24.3 Å². The minimum atomic E-state index is -4.64. The summed E-state index contributed by atoms with van der Waals surface area (Å²) in [5, 5.41) is 0. The van der Waals surface area contributed by atoms with Gasteiger partial charge in [0.15, 0.2) is 12.4 Å². The molecule has 13 heteroatoms. The summed E-state index contributed by atoms with van der Waals surface area (Å²) in [4.78, 5) is 24.4. The van der Waals surface area contributed by atoms with Crippen molar-refractivity contribution in [1.82, 2.24) is 0 Å². The summed E-state index contributed by atoms with van der Waals surface area (Å²) >= 11 is 0. The fraction of sp³-hybridized carbons (Fsp3) is 0.182. The zero-order valence-electron chi connectivity index (χ0n) is 17.4. The first-order chi connectivity index (χ1) is 16.3. The molecule has 0 radical (unpaired) electrons. The zero-order valence-corrected chi connectivity index (χ0v) is 17.4. The molecule has 1 aromatic heterocycles. The van der Waals surface area contributed by atoms with Gasteiger partial charge in [-0.15, -0.1) is 0 Å². The molecule has 2 aromatic carbocycles. The Morgan fingerprint density at radius 1 is 0.800 bits per heavy atom.